The Morgan fingerprint density at radius 2 is 2.06 bits per heavy atom. The predicted molar refractivity (Wildman–Crippen MR) is 65.1 cm³/mol. The van der Waals surface area contributed by atoms with Crippen LogP contribution >= 0.6 is 0 Å². The summed E-state index contributed by atoms with van der Waals surface area (Å²) in [6, 6.07) is 0. The Kier molecular flexibility index (Phi) is 2.81. The van der Waals surface area contributed by atoms with Crippen molar-refractivity contribution in [1.29, 1.82) is 0 Å². The number of hydrogen-bond acceptors (Lipinski definition) is 4. The Labute approximate surface area is 100 Å². The van der Waals surface area contributed by atoms with E-state index in [4.69, 9.17) is 0 Å². The Balaban J connectivity index is 2.34. The summed E-state index contributed by atoms with van der Waals surface area (Å²) in [5.41, 5.74) is 0.521. The fourth-order valence-corrected chi connectivity index (χ4v) is 2.57. The lowest BCUT2D eigenvalue weighted by atomic mass is 10.0. The van der Waals surface area contributed by atoms with Gasteiger partial charge in [-0.05, 0) is 26.7 Å². The second kappa shape index (κ2) is 4.01. The molecule has 1 aliphatic rings. The molecule has 0 atom stereocenters. The summed E-state index contributed by atoms with van der Waals surface area (Å²) in [5.74, 6) is 0.525. The van der Waals surface area contributed by atoms with Gasteiger partial charge in [-0.25, -0.2) is 4.68 Å². The molecule has 6 nitrogen and oxygen atoms in total. The molecule has 94 valence electrons. The van der Waals surface area contributed by atoms with Crippen LogP contribution in [0.2, 0.25) is 0 Å². The van der Waals surface area contributed by atoms with Crippen molar-refractivity contribution in [3.05, 3.63) is 15.8 Å². The van der Waals surface area contributed by atoms with E-state index < -0.39 is 0 Å². The SMILES string of the molecule is Cc1nn(C)c(NC2(C)CCCC2)c1[N+](=O)[O-]. The van der Waals surface area contributed by atoms with Crippen LogP contribution in [0, 0.1) is 17.0 Å². The molecule has 6 heteroatoms. The fraction of sp³-hybridized carbons (Fsp3) is 0.727. The van der Waals surface area contributed by atoms with Crippen molar-refractivity contribution in [2.45, 2.75) is 45.1 Å². The van der Waals surface area contributed by atoms with Gasteiger partial charge >= 0.3 is 5.69 Å². The smallest absolute Gasteiger partial charge is 0.333 e. The molecule has 1 saturated carbocycles. The molecule has 1 N–H and O–H groups in total. The van der Waals surface area contributed by atoms with E-state index in [0.29, 0.717) is 11.5 Å². The number of hydrogen-bond donors (Lipinski definition) is 1. The van der Waals surface area contributed by atoms with Crippen LogP contribution in [0.3, 0.4) is 0 Å². The molecule has 17 heavy (non-hydrogen) atoms. The third kappa shape index (κ3) is 2.11. The Morgan fingerprint density at radius 3 is 2.59 bits per heavy atom. The minimum atomic E-state index is -0.358. The van der Waals surface area contributed by atoms with E-state index in [9.17, 15) is 10.1 Å². The molecule has 2 rings (SSSR count). The minimum absolute atomic E-state index is 0.0367. The van der Waals surface area contributed by atoms with Crippen molar-refractivity contribution in [3.63, 3.8) is 0 Å². The molecule has 0 bridgehead atoms. The maximum Gasteiger partial charge on any atom is 0.333 e. The van der Waals surface area contributed by atoms with Gasteiger partial charge in [-0.1, -0.05) is 12.8 Å². The highest BCUT2D eigenvalue weighted by Crippen LogP contribution is 2.36. The molecule has 0 aromatic carbocycles. The molecule has 1 heterocycles. The number of anilines is 1. The molecule has 1 aliphatic carbocycles. The highest BCUT2D eigenvalue weighted by Gasteiger charge is 2.33. The van der Waals surface area contributed by atoms with Crippen LogP contribution < -0.4 is 5.32 Å². The molecule has 1 aromatic heterocycles. The average Bonchev–Trinajstić information content (AvgIpc) is 2.73. The van der Waals surface area contributed by atoms with E-state index in [-0.39, 0.29) is 16.1 Å². The van der Waals surface area contributed by atoms with Gasteiger partial charge in [-0.15, -0.1) is 0 Å². The first-order chi connectivity index (χ1) is 7.93. The van der Waals surface area contributed by atoms with E-state index in [1.807, 2.05) is 0 Å². The zero-order chi connectivity index (χ0) is 12.6. The highest BCUT2D eigenvalue weighted by atomic mass is 16.6. The van der Waals surface area contributed by atoms with Gasteiger partial charge in [-0.3, -0.25) is 10.1 Å². The molecule has 1 fully saturated rings. The summed E-state index contributed by atoms with van der Waals surface area (Å²) in [7, 11) is 1.74. The monoisotopic (exact) mass is 238 g/mol. The van der Waals surface area contributed by atoms with E-state index in [2.05, 4.69) is 17.3 Å². The van der Waals surface area contributed by atoms with Crippen molar-refractivity contribution in [1.82, 2.24) is 9.78 Å². The van der Waals surface area contributed by atoms with Crippen LogP contribution in [0.1, 0.15) is 38.3 Å². The first-order valence-corrected chi connectivity index (χ1v) is 5.89. The van der Waals surface area contributed by atoms with Crippen molar-refractivity contribution >= 4 is 11.5 Å². The van der Waals surface area contributed by atoms with Crippen LogP contribution in [0.25, 0.3) is 0 Å². The third-order valence-electron chi connectivity index (χ3n) is 3.50. The summed E-state index contributed by atoms with van der Waals surface area (Å²) in [4.78, 5) is 10.7. The molecule has 0 amide bonds. The number of aryl methyl sites for hydroxylation is 2. The van der Waals surface area contributed by atoms with Gasteiger partial charge in [0.05, 0.1) is 4.92 Å². The number of aromatic nitrogens is 2. The molecule has 0 saturated heterocycles. The minimum Gasteiger partial charge on any atom is -0.359 e. The summed E-state index contributed by atoms with van der Waals surface area (Å²) in [6.07, 6.45) is 4.45. The third-order valence-corrected chi connectivity index (χ3v) is 3.50. The predicted octanol–water partition coefficient (Wildman–Crippen LogP) is 2.38. The summed E-state index contributed by atoms with van der Waals surface area (Å²) < 4.78 is 1.57. The van der Waals surface area contributed by atoms with Crippen molar-refractivity contribution in [2.75, 3.05) is 5.32 Å². The summed E-state index contributed by atoms with van der Waals surface area (Å²) in [6.45, 7) is 3.78. The van der Waals surface area contributed by atoms with Crippen LogP contribution in [-0.4, -0.2) is 20.2 Å². The highest BCUT2D eigenvalue weighted by molar-refractivity contribution is 5.60. The van der Waals surface area contributed by atoms with Crippen molar-refractivity contribution in [3.8, 4) is 0 Å². The molecular formula is C11H18N4O2. The maximum absolute atomic E-state index is 11.0. The first-order valence-electron chi connectivity index (χ1n) is 5.89. The van der Waals surface area contributed by atoms with E-state index in [1.54, 1.807) is 18.7 Å². The van der Waals surface area contributed by atoms with E-state index in [0.717, 1.165) is 12.8 Å². The number of rotatable bonds is 3. The maximum atomic E-state index is 11.0. The van der Waals surface area contributed by atoms with Crippen LogP contribution in [-0.2, 0) is 7.05 Å². The molecule has 0 aliphatic heterocycles. The standard InChI is InChI=1S/C11H18N4O2/c1-8-9(15(16)17)10(14(3)13-8)12-11(2)6-4-5-7-11/h12H,4-7H2,1-3H3. The average molecular weight is 238 g/mol. The largest absolute Gasteiger partial charge is 0.359 e. The number of nitro groups is 1. The quantitative estimate of drug-likeness (QED) is 0.648. The zero-order valence-corrected chi connectivity index (χ0v) is 10.5. The van der Waals surface area contributed by atoms with Gasteiger partial charge in [-0.2, -0.15) is 5.10 Å². The number of nitrogens with one attached hydrogen (secondary N) is 1. The van der Waals surface area contributed by atoms with Gasteiger partial charge in [0.2, 0.25) is 5.82 Å². The first kappa shape index (κ1) is 11.9. The summed E-state index contributed by atoms with van der Waals surface area (Å²) in [5, 5.41) is 18.5. The van der Waals surface area contributed by atoms with E-state index in [1.165, 1.54) is 12.8 Å². The molecule has 0 radical (unpaired) electrons. The van der Waals surface area contributed by atoms with Gasteiger partial charge < -0.3 is 5.32 Å². The van der Waals surface area contributed by atoms with E-state index >= 15 is 0 Å². The second-order valence-corrected chi connectivity index (χ2v) is 5.06. The normalized spacial score (nSPS) is 18.3. The lowest BCUT2D eigenvalue weighted by Crippen LogP contribution is -2.32. The summed E-state index contributed by atoms with van der Waals surface area (Å²) >= 11 is 0. The molecule has 0 spiro atoms. The van der Waals surface area contributed by atoms with Gasteiger partial charge in [0.25, 0.3) is 0 Å². The number of nitrogens with zero attached hydrogens (tertiary/aromatic N) is 3. The van der Waals surface area contributed by atoms with Crippen LogP contribution in [0.4, 0.5) is 11.5 Å². The Hall–Kier alpha value is -1.59. The molecule has 0 unspecified atom stereocenters. The van der Waals surface area contributed by atoms with Gasteiger partial charge in [0.15, 0.2) is 0 Å². The van der Waals surface area contributed by atoms with Gasteiger partial charge in [0, 0.05) is 12.6 Å². The van der Waals surface area contributed by atoms with Crippen LogP contribution in [0.15, 0.2) is 0 Å². The van der Waals surface area contributed by atoms with Crippen LogP contribution in [0.5, 0.6) is 0 Å². The lowest BCUT2D eigenvalue weighted by Gasteiger charge is -2.25. The second-order valence-electron chi connectivity index (χ2n) is 5.06. The Morgan fingerprint density at radius 1 is 1.47 bits per heavy atom. The van der Waals surface area contributed by atoms with Crippen molar-refractivity contribution < 1.29 is 4.92 Å². The fourth-order valence-electron chi connectivity index (χ4n) is 2.57. The van der Waals surface area contributed by atoms with Gasteiger partial charge in [0.1, 0.15) is 5.69 Å². The molecule has 1 aromatic rings. The van der Waals surface area contributed by atoms with Crippen molar-refractivity contribution in [2.24, 2.45) is 7.05 Å². The molecular weight excluding hydrogens is 220 g/mol. The topological polar surface area (TPSA) is 73.0 Å². The zero-order valence-electron chi connectivity index (χ0n) is 10.5. The Bertz CT molecular complexity index is 447. The lowest BCUT2D eigenvalue weighted by molar-refractivity contribution is -0.384.